The molecule has 0 spiro atoms. The lowest BCUT2D eigenvalue weighted by molar-refractivity contribution is -0.155. The molecule has 5 rings (SSSR count). The zero-order valence-electron chi connectivity index (χ0n) is 15.4. The normalized spacial score (nSPS) is 39.7. The van der Waals surface area contributed by atoms with Crippen LogP contribution in [0.1, 0.15) is 64.7 Å². The number of amides is 1. The first kappa shape index (κ1) is 18.3. The molecule has 0 aliphatic heterocycles. The maximum absolute atomic E-state index is 12.4. The van der Waals surface area contributed by atoms with E-state index in [-0.39, 0.29) is 34.1 Å². The lowest BCUT2D eigenvalue weighted by Gasteiger charge is -2.60. The summed E-state index contributed by atoms with van der Waals surface area (Å²) in [5.41, 5.74) is -0.790. The van der Waals surface area contributed by atoms with E-state index >= 15 is 0 Å². The Bertz CT molecular complexity index is 654. The highest BCUT2D eigenvalue weighted by molar-refractivity contribution is 9.10. The molecular formula is C20H27BrN2O3. The van der Waals surface area contributed by atoms with Crippen molar-refractivity contribution < 1.29 is 14.3 Å². The van der Waals surface area contributed by atoms with Crippen LogP contribution >= 0.6 is 15.9 Å². The first-order chi connectivity index (χ1) is 12.2. The van der Waals surface area contributed by atoms with Gasteiger partial charge in [0.05, 0.1) is 12.5 Å². The van der Waals surface area contributed by atoms with Gasteiger partial charge in [0, 0.05) is 4.32 Å². The third-order valence-electron chi connectivity index (χ3n) is 7.02. The third-order valence-corrected chi connectivity index (χ3v) is 7.95. The molecule has 0 heterocycles. The second kappa shape index (κ2) is 6.22. The van der Waals surface area contributed by atoms with Gasteiger partial charge in [-0.2, -0.15) is 5.26 Å². The predicted octanol–water partition coefficient (Wildman–Crippen LogP) is 3.46. The Kier molecular flexibility index (Phi) is 4.38. The number of carbonyl (C=O) groups is 2. The summed E-state index contributed by atoms with van der Waals surface area (Å²) >= 11 is 3.96. The Morgan fingerprint density at radius 2 is 1.92 bits per heavy atom. The van der Waals surface area contributed by atoms with E-state index < -0.39 is 5.54 Å². The number of rotatable bonds is 6. The number of ether oxygens (including phenoxy) is 1. The quantitative estimate of drug-likeness (QED) is 0.524. The fourth-order valence-corrected chi connectivity index (χ4v) is 7.76. The fraction of sp³-hybridized carbons (Fsp3) is 0.850. The maximum Gasteiger partial charge on any atom is 0.306 e. The molecule has 5 aliphatic rings. The van der Waals surface area contributed by atoms with Crippen molar-refractivity contribution in [2.75, 3.05) is 6.61 Å². The molecule has 3 atom stereocenters. The molecule has 0 aromatic carbocycles. The molecule has 0 saturated heterocycles. The second-order valence-electron chi connectivity index (χ2n) is 9.59. The minimum absolute atomic E-state index is 0.0519. The number of carbonyl (C=O) groups excluding carboxylic acids is 2. The van der Waals surface area contributed by atoms with E-state index in [4.69, 9.17) is 4.74 Å². The Morgan fingerprint density at radius 3 is 2.46 bits per heavy atom. The van der Waals surface area contributed by atoms with E-state index in [1.54, 1.807) is 6.92 Å². The van der Waals surface area contributed by atoms with Crippen molar-refractivity contribution in [2.45, 2.75) is 74.6 Å². The standard InChI is InChI=1S/C20H27BrN2O3/c1-18(12-22,15-2-3-15)23-16(24)10-26-17(25)9-19-5-13-4-14(6-19)8-20(21,7-13)11-19/h13-15H,2-11H2,1H3,(H,23,24)/t13-,14-,18-,19?,20?/m0/s1. The lowest BCUT2D eigenvalue weighted by atomic mass is 9.49. The molecular weight excluding hydrogens is 396 g/mol. The molecule has 26 heavy (non-hydrogen) atoms. The average Bonchev–Trinajstić information content (AvgIpc) is 3.35. The van der Waals surface area contributed by atoms with Crippen LogP contribution in [0.2, 0.25) is 0 Å². The van der Waals surface area contributed by atoms with Crippen LogP contribution in [-0.4, -0.2) is 28.3 Å². The van der Waals surface area contributed by atoms with Crippen molar-refractivity contribution in [3.8, 4) is 6.07 Å². The highest BCUT2D eigenvalue weighted by atomic mass is 79.9. The van der Waals surface area contributed by atoms with Gasteiger partial charge < -0.3 is 10.1 Å². The van der Waals surface area contributed by atoms with Crippen molar-refractivity contribution in [3.63, 3.8) is 0 Å². The number of nitriles is 1. The SMILES string of the molecule is C[C@@](C#N)(NC(=O)COC(=O)CC12C[C@@H]3C[C@H](CC(Br)(C3)C1)C2)C1CC1. The Balaban J connectivity index is 1.29. The molecule has 5 fully saturated rings. The highest BCUT2D eigenvalue weighted by Gasteiger charge is 2.57. The number of halogens is 1. The number of nitrogens with zero attached hydrogens (tertiary/aromatic N) is 1. The van der Waals surface area contributed by atoms with Crippen LogP contribution in [0.15, 0.2) is 0 Å². The summed E-state index contributed by atoms with van der Waals surface area (Å²) in [5.74, 6) is 1.01. The predicted molar refractivity (Wildman–Crippen MR) is 99.2 cm³/mol. The van der Waals surface area contributed by atoms with Gasteiger partial charge in [0.15, 0.2) is 6.61 Å². The van der Waals surface area contributed by atoms with E-state index in [1.165, 1.54) is 19.3 Å². The fourth-order valence-electron chi connectivity index (χ4n) is 6.25. The van der Waals surface area contributed by atoms with Gasteiger partial charge in [-0.15, -0.1) is 0 Å². The van der Waals surface area contributed by atoms with Crippen LogP contribution < -0.4 is 5.32 Å². The second-order valence-corrected chi connectivity index (χ2v) is 11.3. The first-order valence-corrected chi connectivity index (χ1v) is 10.6. The zero-order chi connectivity index (χ0) is 18.6. The van der Waals surface area contributed by atoms with Crippen LogP contribution in [-0.2, 0) is 14.3 Å². The summed E-state index contributed by atoms with van der Waals surface area (Å²) in [4.78, 5) is 24.6. The number of nitrogens with one attached hydrogen (secondary N) is 1. The Labute approximate surface area is 163 Å². The molecule has 6 heteroatoms. The molecule has 1 amide bonds. The molecule has 0 aromatic rings. The van der Waals surface area contributed by atoms with E-state index in [9.17, 15) is 14.9 Å². The molecule has 142 valence electrons. The third kappa shape index (κ3) is 3.52. The van der Waals surface area contributed by atoms with Crippen LogP contribution in [0.5, 0.6) is 0 Å². The van der Waals surface area contributed by atoms with Gasteiger partial charge in [-0.05, 0) is 81.5 Å². The molecule has 0 radical (unpaired) electrons. The van der Waals surface area contributed by atoms with Gasteiger partial charge in [0.25, 0.3) is 5.91 Å². The topological polar surface area (TPSA) is 79.2 Å². The number of esters is 1. The number of hydrogen-bond donors (Lipinski definition) is 1. The van der Waals surface area contributed by atoms with Crippen molar-refractivity contribution in [2.24, 2.45) is 23.2 Å². The largest absolute Gasteiger partial charge is 0.456 e. The smallest absolute Gasteiger partial charge is 0.306 e. The minimum Gasteiger partial charge on any atom is -0.456 e. The summed E-state index contributed by atoms with van der Waals surface area (Å²) in [6, 6.07) is 2.19. The molecule has 0 unspecified atom stereocenters. The molecule has 4 bridgehead atoms. The summed E-state index contributed by atoms with van der Waals surface area (Å²) in [6.45, 7) is 1.46. The molecule has 5 saturated carbocycles. The van der Waals surface area contributed by atoms with E-state index in [1.807, 2.05) is 0 Å². The highest BCUT2D eigenvalue weighted by Crippen LogP contribution is 2.65. The molecule has 5 nitrogen and oxygen atoms in total. The molecule has 0 aromatic heterocycles. The zero-order valence-corrected chi connectivity index (χ0v) is 16.9. The van der Waals surface area contributed by atoms with Gasteiger partial charge in [-0.3, -0.25) is 9.59 Å². The molecule has 1 N–H and O–H groups in total. The number of alkyl halides is 1. The van der Waals surface area contributed by atoms with E-state index in [0.717, 1.165) is 43.9 Å². The average molecular weight is 423 g/mol. The van der Waals surface area contributed by atoms with Crippen molar-refractivity contribution >= 4 is 27.8 Å². The minimum atomic E-state index is -0.842. The van der Waals surface area contributed by atoms with Crippen molar-refractivity contribution in [1.29, 1.82) is 5.26 Å². The summed E-state index contributed by atoms with van der Waals surface area (Å²) in [5, 5.41) is 12.1. The van der Waals surface area contributed by atoms with Gasteiger partial charge in [-0.25, -0.2) is 0 Å². The van der Waals surface area contributed by atoms with Gasteiger partial charge in [-0.1, -0.05) is 15.9 Å². The van der Waals surface area contributed by atoms with Gasteiger partial charge in [0.1, 0.15) is 5.54 Å². The Morgan fingerprint density at radius 1 is 1.27 bits per heavy atom. The van der Waals surface area contributed by atoms with Crippen molar-refractivity contribution in [3.05, 3.63) is 0 Å². The van der Waals surface area contributed by atoms with Crippen LogP contribution in [0, 0.1) is 34.5 Å². The van der Waals surface area contributed by atoms with E-state index in [0.29, 0.717) is 6.42 Å². The lowest BCUT2D eigenvalue weighted by Crippen LogP contribution is -2.53. The van der Waals surface area contributed by atoms with Crippen molar-refractivity contribution in [1.82, 2.24) is 5.32 Å². The van der Waals surface area contributed by atoms with E-state index in [2.05, 4.69) is 27.3 Å². The summed E-state index contributed by atoms with van der Waals surface area (Å²) in [7, 11) is 0. The van der Waals surface area contributed by atoms with Gasteiger partial charge >= 0.3 is 5.97 Å². The monoisotopic (exact) mass is 422 g/mol. The summed E-state index contributed by atoms with van der Waals surface area (Å²) < 4.78 is 5.51. The molecule has 5 aliphatic carbocycles. The van der Waals surface area contributed by atoms with Crippen LogP contribution in [0.4, 0.5) is 0 Å². The first-order valence-electron chi connectivity index (χ1n) is 9.80. The van der Waals surface area contributed by atoms with Gasteiger partial charge in [0.2, 0.25) is 0 Å². The van der Waals surface area contributed by atoms with Crippen LogP contribution in [0.25, 0.3) is 0 Å². The number of hydrogen-bond acceptors (Lipinski definition) is 4. The summed E-state index contributed by atoms with van der Waals surface area (Å²) in [6.07, 6.45) is 9.39. The maximum atomic E-state index is 12.4. The van der Waals surface area contributed by atoms with Crippen LogP contribution in [0.3, 0.4) is 0 Å². The Hall–Kier alpha value is -1.09.